The first-order valence-electron chi connectivity index (χ1n) is 4.25. The predicted octanol–water partition coefficient (Wildman–Crippen LogP) is -0.0988. The highest BCUT2D eigenvalue weighted by Gasteiger charge is 1.99. The maximum absolute atomic E-state index is 10.8. The van der Waals surface area contributed by atoms with Gasteiger partial charge in [0, 0.05) is 29.4 Å². The molecule has 1 aromatic rings. The van der Waals surface area contributed by atoms with Crippen molar-refractivity contribution in [2.24, 2.45) is 5.73 Å². The summed E-state index contributed by atoms with van der Waals surface area (Å²) in [5, 5.41) is 2.99. The molecular weight excluding hydrogens is 232 g/mol. The van der Waals surface area contributed by atoms with E-state index in [1.165, 1.54) is 6.20 Å². The van der Waals surface area contributed by atoms with Crippen LogP contribution in [0.1, 0.15) is 5.69 Å². The Morgan fingerprint density at radius 3 is 2.80 bits per heavy atom. The summed E-state index contributed by atoms with van der Waals surface area (Å²) >= 11 is 4.74. The van der Waals surface area contributed by atoms with Crippen LogP contribution in [0.2, 0.25) is 0 Å². The minimum Gasteiger partial charge on any atom is -0.388 e. The van der Waals surface area contributed by atoms with E-state index in [9.17, 15) is 4.21 Å². The molecule has 82 valence electrons. The van der Waals surface area contributed by atoms with E-state index >= 15 is 0 Å². The number of nitrogens with one attached hydrogen (secondary N) is 1. The fraction of sp³-hybridized carbons (Fsp3) is 0.375. The number of hydrogen-bond donors (Lipinski definition) is 2. The summed E-state index contributed by atoms with van der Waals surface area (Å²) in [4.78, 5) is 8.29. The topological polar surface area (TPSA) is 80.9 Å². The van der Waals surface area contributed by atoms with Gasteiger partial charge in [-0.3, -0.25) is 4.21 Å². The average molecular weight is 244 g/mol. The Morgan fingerprint density at radius 2 is 2.33 bits per heavy atom. The zero-order valence-corrected chi connectivity index (χ0v) is 9.90. The third-order valence-corrected chi connectivity index (χ3v) is 2.59. The van der Waals surface area contributed by atoms with E-state index in [0.717, 1.165) is 0 Å². The van der Waals surface area contributed by atoms with Gasteiger partial charge in [0.05, 0.1) is 12.4 Å². The molecule has 15 heavy (non-hydrogen) atoms. The van der Waals surface area contributed by atoms with Crippen molar-refractivity contribution >= 4 is 33.8 Å². The number of anilines is 1. The quantitative estimate of drug-likeness (QED) is 0.704. The third-order valence-electron chi connectivity index (χ3n) is 1.60. The normalized spacial score (nSPS) is 12.1. The van der Waals surface area contributed by atoms with Gasteiger partial charge < -0.3 is 11.1 Å². The van der Waals surface area contributed by atoms with Crippen molar-refractivity contribution < 1.29 is 4.21 Å². The van der Waals surface area contributed by atoms with Gasteiger partial charge in [-0.25, -0.2) is 9.97 Å². The Labute approximate surface area is 96.0 Å². The number of thiocarbonyl (C=S) groups is 1. The molecule has 0 aliphatic carbocycles. The lowest BCUT2D eigenvalue weighted by Crippen LogP contribution is -2.14. The fourth-order valence-electron chi connectivity index (χ4n) is 0.869. The molecule has 1 atom stereocenters. The van der Waals surface area contributed by atoms with Crippen LogP contribution in [0.5, 0.6) is 0 Å². The molecule has 1 rings (SSSR count). The smallest absolute Gasteiger partial charge is 0.144 e. The molecule has 0 saturated carbocycles. The van der Waals surface area contributed by atoms with E-state index in [2.05, 4.69) is 15.3 Å². The van der Waals surface area contributed by atoms with E-state index in [0.29, 0.717) is 23.8 Å². The van der Waals surface area contributed by atoms with Gasteiger partial charge in [-0.15, -0.1) is 0 Å². The zero-order chi connectivity index (χ0) is 11.3. The maximum atomic E-state index is 10.8. The van der Waals surface area contributed by atoms with Gasteiger partial charge >= 0.3 is 0 Å². The first-order chi connectivity index (χ1) is 7.09. The van der Waals surface area contributed by atoms with Crippen molar-refractivity contribution in [2.45, 2.75) is 0 Å². The van der Waals surface area contributed by atoms with E-state index in [1.54, 1.807) is 12.5 Å². The standard InChI is InChI=1S/C8H12N4OS2/c1-15(13)3-2-10-7-5-11-6(4-12-7)8(9)14/h4-5H,2-3H2,1H3,(H2,9,14)(H,10,12). The Kier molecular flexibility index (Phi) is 4.57. The second kappa shape index (κ2) is 5.72. The Bertz CT molecular complexity index is 365. The molecule has 0 spiro atoms. The molecule has 1 unspecified atom stereocenters. The molecule has 0 amide bonds. The van der Waals surface area contributed by atoms with Crippen LogP contribution in [-0.2, 0) is 10.8 Å². The van der Waals surface area contributed by atoms with Crippen molar-refractivity contribution in [1.29, 1.82) is 0 Å². The summed E-state index contributed by atoms with van der Waals surface area (Å²) in [7, 11) is -0.802. The van der Waals surface area contributed by atoms with Crippen LogP contribution >= 0.6 is 12.2 Å². The summed E-state index contributed by atoms with van der Waals surface area (Å²) in [5.74, 6) is 1.21. The summed E-state index contributed by atoms with van der Waals surface area (Å²) in [6, 6.07) is 0. The largest absolute Gasteiger partial charge is 0.388 e. The van der Waals surface area contributed by atoms with E-state index in [1.807, 2.05) is 0 Å². The Hall–Kier alpha value is -1.08. The van der Waals surface area contributed by atoms with Gasteiger partial charge in [0.1, 0.15) is 16.5 Å². The number of nitrogens with zero attached hydrogens (tertiary/aromatic N) is 2. The summed E-state index contributed by atoms with van der Waals surface area (Å²) in [5.41, 5.74) is 5.87. The molecule has 0 aliphatic heterocycles. The summed E-state index contributed by atoms with van der Waals surface area (Å²) in [6.45, 7) is 0.601. The second-order valence-electron chi connectivity index (χ2n) is 2.86. The van der Waals surface area contributed by atoms with Crippen LogP contribution in [0.4, 0.5) is 5.82 Å². The molecule has 5 nitrogen and oxygen atoms in total. The monoisotopic (exact) mass is 244 g/mol. The van der Waals surface area contributed by atoms with Crippen molar-refractivity contribution in [2.75, 3.05) is 23.9 Å². The lowest BCUT2D eigenvalue weighted by molar-refractivity contribution is 0.687. The van der Waals surface area contributed by atoms with Crippen LogP contribution < -0.4 is 11.1 Å². The fourth-order valence-corrected chi connectivity index (χ4v) is 1.36. The Morgan fingerprint density at radius 1 is 1.60 bits per heavy atom. The molecule has 1 aromatic heterocycles. The van der Waals surface area contributed by atoms with Gasteiger partial charge in [0.15, 0.2) is 0 Å². The lowest BCUT2D eigenvalue weighted by Gasteiger charge is -2.03. The summed E-state index contributed by atoms with van der Waals surface area (Å²) < 4.78 is 10.8. The van der Waals surface area contributed by atoms with Crippen LogP contribution in [-0.4, -0.2) is 37.7 Å². The van der Waals surface area contributed by atoms with Crippen LogP contribution in [0.15, 0.2) is 12.4 Å². The van der Waals surface area contributed by atoms with Crippen molar-refractivity contribution in [3.8, 4) is 0 Å². The van der Waals surface area contributed by atoms with Gasteiger partial charge in [0.25, 0.3) is 0 Å². The molecular formula is C8H12N4OS2. The van der Waals surface area contributed by atoms with Crippen LogP contribution in [0.3, 0.4) is 0 Å². The predicted molar refractivity (Wildman–Crippen MR) is 65.3 cm³/mol. The number of aromatic nitrogens is 2. The van der Waals surface area contributed by atoms with Crippen molar-refractivity contribution in [3.63, 3.8) is 0 Å². The lowest BCUT2D eigenvalue weighted by atomic mass is 10.4. The minimum atomic E-state index is -0.802. The molecule has 0 fully saturated rings. The van der Waals surface area contributed by atoms with E-state index in [4.69, 9.17) is 18.0 Å². The van der Waals surface area contributed by atoms with Gasteiger partial charge in [-0.1, -0.05) is 12.2 Å². The van der Waals surface area contributed by atoms with Gasteiger partial charge in [-0.2, -0.15) is 0 Å². The highest BCUT2D eigenvalue weighted by atomic mass is 32.2. The first kappa shape index (κ1) is 12.0. The summed E-state index contributed by atoms with van der Waals surface area (Å²) in [6.07, 6.45) is 4.71. The SMILES string of the molecule is CS(=O)CCNc1cnc(C(N)=S)cn1. The van der Waals surface area contributed by atoms with Gasteiger partial charge in [-0.05, 0) is 0 Å². The molecule has 0 aromatic carbocycles. The third kappa shape index (κ3) is 4.30. The van der Waals surface area contributed by atoms with Crippen molar-refractivity contribution in [3.05, 3.63) is 18.1 Å². The van der Waals surface area contributed by atoms with Gasteiger partial charge in [0.2, 0.25) is 0 Å². The molecule has 0 bridgehead atoms. The number of rotatable bonds is 5. The van der Waals surface area contributed by atoms with E-state index in [-0.39, 0.29) is 4.99 Å². The molecule has 3 N–H and O–H groups in total. The van der Waals surface area contributed by atoms with E-state index < -0.39 is 10.8 Å². The molecule has 0 saturated heterocycles. The molecule has 0 radical (unpaired) electrons. The highest BCUT2D eigenvalue weighted by Crippen LogP contribution is 2.00. The maximum Gasteiger partial charge on any atom is 0.144 e. The zero-order valence-electron chi connectivity index (χ0n) is 8.27. The van der Waals surface area contributed by atoms with Crippen molar-refractivity contribution in [1.82, 2.24) is 9.97 Å². The highest BCUT2D eigenvalue weighted by molar-refractivity contribution is 7.84. The second-order valence-corrected chi connectivity index (χ2v) is 4.85. The Balaban J connectivity index is 2.50. The molecule has 0 aliphatic rings. The number of nitrogens with two attached hydrogens (primary N) is 1. The average Bonchev–Trinajstić information content (AvgIpc) is 2.18. The first-order valence-corrected chi connectivity index (χ1v) is 6.39. The molecule has 7 heteroatoms. The molecule has 1 heterocycles. The van der Waals surface area contributed by atoms with Crippen LogP contribution in [0, 0.1) is 0 Å². The van der Waals surface area contributed by atoms with Crippen LogP contribution in [0.25, 0.3) is 0 Å². The minimum absolute atomic E-state index is 0.226. The number of hydrogen-bond acceptors (Lipinski definition) is 5.